The smallest absolute Gasteiger partial charge is 0.124 e. The quantitative estimate of drug-likeness (QED) is 0.838. The lowest BCUT2D eigenvalue weighted by Gasteiger charge is -2.37. The molecule has 0 radical (unpaired) electrons. The molecule has 0 aromatic carbocycles. The second-order valence-corrected chi connectivity index (χ2v) is 5.27. The highest BCUT2D eigenvalue weighted by molar-refractivity contribution is 5.40. The third kappa shape index (κ3) is 2.06. The van der Waals surface area contributed by atoms with Crippen LogP contribution in [0.3, 0.4) is 0 Å². The van der Waals surface area contributed by atoms with Crippen LogP contribution in [0.2, 0.25) is 0 Å². The minimum Gasteiger partial charge on any atom is -0.370 e. The second-order valence-electron chi connectivity index (χ2n) is 5.27. The third-order valence-electron chi connectivity index (χ3n) is 4.00. The van der Waals surface area contributed by atoms with E-state index in [1.165, 1.54) is 30.8 Å². The minimum absolute atomic E-state index is 0.614. The molecule has 2 atom stereocenters. The van der Waals surface area contributed by atoms with E-state index < -0.39 is 0 Å². The van der Waals surface area contributed by atoms with Gasteiger partial charge in [-0.05, 0) is 25.8 Å². The number of aryl methyl sites for hydroxylation is 1. The first-order chi connectivity index (χ1) is 8.38. The summed E-state index contributed by atoms with van der Waals surface area (Å²) in [6.45, 7) is 5.58. The topological polar surface area (TPSA) is 41.9 Å². The lowest BCUT2D eigenvalue weighted by molar-refractivity contribution is 0.237. The van der Waals surface area contributed by atoms with Crippen LogP contribution < -0.4 is 10.6 Å². The summed E-state index contributed by atoms with van der Waals surface area (Å²) in [5.41, 5.74) is 1.26. The number of anilines is 1. The summed E-state index contributed by atoms with van der Waals surface area (Å²) in [6, 6.07) is 2.86. The van der Waals surface area contributed by atoms with Crippen LogP contribution in [0.4, 0.5) is 5.82 Å². The summed E-state index contributed by atoms with van der Waals surface area (Å²) in [7, 11) is 0. The Labute approximate surface area is 103 Å². The van der Waals surface area contributed by atoms with Crippen molar-refractivity contribution in [3.63, 3.8) is 0 Å². The predicted octanol–water partition coefficient (Wildman–Crippen LogP) is 1.80. The maximum absolute atomic E-state index is 4.80. The first-order valence-corrected chi connectivity index (χ1v) is 6.91. The predicted molar refractivity (Wildman–Crippen MR) is 69.3 cm³/mol. The zero-order valence-electron chi connectivity index (χ0n) is 10.6. The number of rotatable bonds is 3. The fourth-order valence-electron chi connectivity index (χ4n) is 2.98. The Bertz CT molecular complexity index is 385. The molecule has 3 heterocycles. The van der Waals surface area contributed by atoms with Gasteiger partial charge < -0.3 is 10.6 Å². The van der Waals surface area contributed by atoms with Gasteiger partial charge >= 0.3 is 0 Å². The summed E-state index contributed by atoms with van der Waals surface area (Å²) in [6.07, 6.45) is 4.82. The Morgan fingerprint density at radius 3 is 3.29 bits per heavy atom. The molecule has 0 spiro atoms. The van der Waals surface area contributed by atoms with Crippen molar-refractivity contribution in [2.45, 2.75) is 38.6 Å². The third-order valence-corrected chi connectivity index (χ3v) is 4.00. The maximum Gasteiger partial charge on any atom is 0.124 e. The van der Waals surface area contributed by atoms with Gasteiger partial charge in [-0.3, -0.25) is 0 Å². The van der Waals surface area contributed by atoms with E-state index in [0.29, 0.717) is 12.0 Å². The molecule has 2 aliphatic rings. The first kappa shape index (κ1) is 11.1. The van der Waals surface area contributed by atoms with Gasteiger partial charge in [0.1, 0.15) is 5.82 Å². The lowest BCUT2D eigenvalue weighted by atomic mass is 9.92. The SMILES string of the molecule is CCCCc1cc2n(n1)C1CCNCC1CN2. The van der Waals surface area contributed by atoms with E-state index in [0.717, 1.165) is 26.1 Å². The van der Waals surface area contributed by atoms with Crippen molar-refractivity contribution in [2.75, 3.05) is 25.0 Å². The highest BCUT2D eigenvalue weighted by Crippen LogP contribution is 2.32. The van der Waals surface area contributed by atoms with E-state index in [9.17, 15) is 0 Å². The van der Waals surface area contributed by atoms with Crippen LogP contribution in [0.1, 0.15) is 37.9 Å². The van der Waals surface area contributed by atoms with E-state index in [1.807, 2.05) is 0 Å². The van der Waals surface area contributed by atoms with E-state index in [4.69, 9.17) is 5.10 Å². The summed E-state index contributed by atoms with van der Waals surface area (Å²) in [5, 5.41) is 11.8. The van der Waals surface area contributed by atoms with Crippen LogP contribution in [0.15, 0.2) is 6.07 Å². The minimum atomic E-state index is 0.614. The van der Waals surface area contributed by atoms with E-state index in [1.54, 1.807) is 0 Å². The molecule has 2 unspecified atom stereocenters. The van der Waals surface area contributed by atoms with Crippen LogP contribution in [-0.4, -0.2) is 29.4 Å². The molecule has 0 bridgehead atoms. The van der Waals surface area contributed by atoms with Gasteiger partial charge in [0.05, 0.1) is 11.7 Å². The van der Waals surface area contributed by atoms with Gasteiger partial charge in [0.25, 0.3) is 0 Å². The molecule has 4 nitrogen and oxygen atoms in total. The fraction of sp³-hybridized carbons (Fsp3) is 0.769. The number of hydrogen-bond donors (Lipinski definition) is 2. The fourth-order valence-corrected chi connectivity index (χ4v) is 2.98. The van der Waals surface area contributed by atoms with Gasteiger partial charge in [-0.15, -0.1) is 0 Å². The highest BCUT2D eigenvalue weighted by atomic mass is 15.4. The highest BCUT2D eigenvalue weighted by Gasteiger charge is 2.32. The molecular formula is C13H22N4. The monoisotopic (exact) mass is 234 g/mol. The van der Waals surface area contributed by atoms with Gasteiger partial charge in [-0.2, -0.15) is 5.10 Å². The van der Waals surface area contributed by atoms with Gasteiger partial charge in [-0.25, -0.2) is 4.68 Å². The van der Waals surface area contributed by atoms with Crippen molar-refractivity contribution in [2.24, 2.45) is 5.92 Å². The van der Waals surface area contributed by atoms with E-state index in [2.05, 4.69) is 28.3 Å². The molecular weight excluding hydrogens is 212 g/mol. The molecule has 0 amide bonds. The normalized spacial score (nSPS) is 27.1. The zero-order valence-corrected chi connectivity index (χ0v) is 10.6. The number of fused-ring (bicyclic) bond motifs is 3. The number of unbranched alkanes of at least 4 members (excludes halogenated alkanes) is 1. The van der Waals surface area contributed by atoms with Gasteiger partial charge in [0, 0.05) is 25.1 Å². The average molecular weight is 234 g/mol. The molecule has 1 fully saturated rings. The summed E-state index contributed by atoms with van der Waals surface area (Å²) < 4.78 is 2.25. The van der Waals surface area contributed by atoms with Crippen LogP contribution in [0.25, 0.3) is 0 Å². The van der Waals surface area contributed by atoms with Gasteiger partial charge in [0.2, 0.25) is 0 Å². The molecule has 1 aromatic heterocycles. The molecule has 2 N–H and O–H groups in total. The van der Waals surface area contributed by atoms with Gasteiger partial charge in [0.15, 0.2) is 0 Å². The maximum atomic E-state index is 4.80. The summed E-state index contributed by atoms with van der Waals surface area (Å²) in [5.74, 6) is 1.94. The zero-order chi connectivity index (χ0) is 11.7. The molecule has 2 aliphatic heterocycles. The van der Waals surface area contributed by atoms with Crippen LogP contribution >= 0.6 is 0 Å². The van der Waals surface area contributed by atoms with Crippen molar-refractivity contribution in [3.05, 3.63) is 11.8 Å². The Balaban J connectivity index is 1.81. The number of hydrogen-bond acceptors (Lipinski definition) is 3. The molecule has 1 saturated heterocycles. The Morgan fingerprint density at radius 1 is 1.47 bits per heavy atom. The summed E-state index contributed by atoms with van der Waals surface area (Å²) >= 11 is 0. The van der Waals surface area contributed by atoms with E-state index in [-0.39, 0.29) is 0 Å². The lowest BCUT2D eigenvalue weighted by Crippen LogP contribution is -2.44. The number of aromatic nitrogens is 2. The molecule has 3 rings (SSSR count). The molecule has 0 saturated carbocycles. The van der Waals surface area contributed by atoms with Crippen molar-refractivity contribution in [1.29, 1.82) is 0 Å². The first-order valence-electron chi connectivity index (χ1n) is 6.91. The molecule has 1 aromatic rings. The molecule has 17 heavy (non-hydrogen) atoms. The van der Waals surface area contributed by atoms with Crippen molar-refractivity contribution < 1.29 is 0 Å². The average Bonchev–Trinajstić information content (AvgIpc) is 2.79. The second kappa shape index (κ2) is 4.69. The van der Waals surface area contributed by atoms with Gasteiger partial charge in [-0.1, -0.05) is 13.3 Å². The van der Waals surface area contributed by atoms with Crippen molar-refractivity contribution in [3.8, 4) is 0 Å². The number of nitrogens with one attached hydrogen (secondary N) is 2. The standard InChI is InChI=1S/C13H22N4/c1-2-3-4-11-7-13-15-9-10-8-14-6-5-12(10)17(13)16-11/h7,10,12,14-15H,2-6,8-9H2,1H3. The molecule has 0 aliphatic carbocycles. The van der Waals surface area contributed by atoms with Crippen LogP contribution in [-0.2, 0) is 6.42 Å². The van der Waals surface area contributed by atoms with Crippen molar-refractivity contribution >= 4 is 5.82 Å². The van der Waals surface area contributed by atoms with Crippen LogP contribution in [0.5, 0.6) is 0 Å². The summed E-state index contributed by atoms with van der Waals surface area (Å²) in [4.78, 5) is 0. The number of piperidine rings is 1. The molecule has 4 heteroatoms. The van der Waals surface area contributed by atoms with Crippen LogP contribution in [0, 0.1) is 5.92 Å². The molecule has 94 valence electrons. The van der Waals surface area contributed by atoms with E-state index >= 15 is 0 Å². The Morgan fingerprint density at radius 2 is 2.41 bits per heavy atom. The largest absolute Gasteiger partial charge is 0.370 e. The Hall–Kier alpha value is -1.03. The Kier molecular flexibility index (Phi) is 3.05. The number of nitrogens with zero attached hydrogens (tertiary/aromatic N) is 2. The van der Waals surface area contributed by atoms with Crippen molar-refractivity contribution in [1.82, 2.24) is 15.1 Å².